The molecule has 14 heavy (non-hydrogen) atoms. The van der Waals surface area contributed by atoms with Gasteiger partial charge in [-0.05, 0) is 32.6 Å². The van der Waals surface area contributed by atoms with Crippen molar-refractivity contribution in [2.45, 2.75) is 45.7 Å². The molecule has 3 heteroatoms. The monoisotopic (exact) mass is 210 g/mol. The topological polar surface area (TPSA) is 24.9 Å². The van der Waals surface area contributed by atoms with Crippen molar-refractivity contribution in [3.63, 3.8) is 0 Å². The van der Waals surface area contributed by atoms with Crippen molar-refractivity contribution in [3.8, 4) is 0 Å². The number of aryl methyl sites for hydroxylation is 1. The summed E-state index contributed by atoms with van der Waals surface area (Å²) in [5.74, 6) is 0.915. The zero-order valence-electron chi connectivity index (χ0n) is 9.08. The molecular weight excluding hydrogens is 192 g/mol. The first-order chi connectivity index (χ1) is 6.65. The summed E-state index contributed by atoms with van der Waals surface area (Å²) in [6, 6.07) is 1.15. The lowest BCUT2D eigenvalue weighted by Crippen LogP contribution is -2.41. The maximum atomic E-state index is 4.40. The van der Waals surface area contributed by atoms with Crippen LogP contribution in [-0.4, -0.2) is 11.0 Å². The zero-order chi connectivity index (χ0) is 10.1. The number of hydrogen-bond acceptors (Lipinski definition) is 3. The van der Waals surface area contributed by atoms with Crippen molar-refractivity contribution in [3.05, 3.63) is 16.1 Å². The first-order valence-corrected chi connectivity index (χ1v) is 6.15. The molecule has 78 valence electrons. The molecule has 1 unspecified atom stereocenters. The fraction of sp³-hybridized carbons (Fsp3) is 0.727. The van der Waals surface area contributed by atoms with Crippen molar-refractivity contribution in [1.29, 1.82) is 0 Å². The Morgan fingerprint density at radius 2 is 2.29 bits per heavy atom. The van der Waals surface area contributed by atoms with E-state index in [1.807, 2.05) is 6.20 Å². The molecule has 1 heterocycles. The molecule has 0 amide bonds. The molecule has 1 aromatic rings. The largest absolute Gasteiger partial charge is 0.305 e. The van der Waals surface area contributed by atoms with Crippen LogP contribution >= 0.6 is 11.3 Å². The summed E-state index contributed by atoms with van der Waals surface area (Å²) in [5, 5.41) is 4.85. The van der Waals surface area contributed by atoms with Crippen molar-refractivity contribution < 1.29 is 0 Å². The van der Waals surface area contributed by atoms with Gasteiger partial charge in [0.05, 0.1) is 6.04 Å². The van der Waals surface area contributed by atoms with Gasteiger partial charge >= 0.3 is 0 Å². The molecule has 2 nitrogen and oxygen atoms in total. The molecule has 2 rings (SSSR count). The van der Waals surface area contributed by atoms with Crippen molar-refractivity contribution in [2.24, 2.45) is 5.92 Å². The summed E-state index contributed by atoms with van der Waals surface area (Å²) in [6.45, 7) is 6.64. The highest BCUT2D eigenvalue weighted by Gasteiger charge is 2.26. The van der Waals surface area contributed by atoms with Gasteiger partial charge in [0.2, 0.25) is 0 Å². The first kappa shape index (κ1) is 10.1. The Bertz CT molecular complexity index is 302. The second kappa shape index (κ2) is 3.99. The van der Waals surface area contributed by atoms with Gasteiger partial charge in [0.15, 0.2) is 0 Å². The molecule has 1 N–H and O–H groups in total. The minimum Gasteiger partial charge on any atom is -0.305 e. The minimum absolute atomic E-state index is 0.422. The number of aromatic nitrogens is 1. The molecular formula is C11H18N2S. The van der Waals surface area contributed by atoms with Crippen LogP contribution in [0.4, 0.5) is 0 Å². The minimum atomic E-state index is 0.422. The lowest BCUT2D eigenvalue weighted by atomic mass is 9.81. The standard InChI is InChI=1S/C11H18N2S/c1-7-4-10(5-7)13-9(3)11-12-6-8(2)14-11/h6-7,9-10,13H,4-5H2,1-3H3. The van der Waals surface area contributed by atoms with Crippen molar-refractivity contribution >= 4 is 11.3 Å². The Morgan fingerprint density at radius 1 is 1.57 bits per heavy atom. The summed E-state index contributed by atoms with van der Waals surface area (Å²) in [4.78, 5) is 5.70. The molecule has 0 aliphatic heterocycles. The predicted octanol–water partition coefficient (Wildman–Crippen LogP) is 2.90. The van der Waals surface area contributed by atoms with E-state index >= 15 is 0 Å². The lowest BCUT2D eigenvalue weighted by Gasteiger charge is -2.35. The third-order valence-electron chi connectivity index (χ3n) is 2.87. The Kier molecular flexibility index (Phi) is 2.88. The van der Waals surface area contributed by atoms with Crippen LogP contribution in [0.15, 0.2) is 6.20 Å². The van der Waals surface area contributed by atoms with E-state index in [1.54, 1.807) is 11.3 Å². The highest BCUT2D eigenvalue weighted by molar-refractivity contribution is 7.11. The summed E-state index contributed by atoms with van der Waals surface area (Å²) in [5.41, 5.74) is 0. The van der Waals surface area contributed by atoms with Crippen LogP contribution in [0, 0.1) is 12.8 Å². The smallest absolute Gasteiger partial charge is 0.109 e. The highest BCUT2D eigenvalue weighted by Crippen LogP contribution is 2.29. The highest BCUT2D eigenvalue weighted by atomic mass is 32.1. The maximum absolute atomic E-state index is 4.40. The SMILES string of the molecule is Cc1cnc(C(C)NC2CC(C)C2)s1. The molecule has 1 aliphatic rings. The van der Waals surface area contributed by atoms with E-state index in [4.69, 9.17) is 0 Å². The van der Waals surface area contributed by atoms with E-state index < -0.39 is 0 Å². The molecule has 1 aromatic heterocycles. The molecule has 0 radical (unpaired) electrons. The van der Waals surface area contributed by atoms with E-state index in [2.05, 4.69) is 31.1 Å². The second-order valence-electron chi connectivity index (χ2n) is 4.47. The number of rotatable bonds is 3. The summed E-state index contributed by atoms with van der Waals surface area (Å²) < 4.78 is 0. The van der Waals surface area contributed by atoms with Crippen LogP contribution in [-0.2, 0) is 0 Å². The Balaban J connectivity index is 1.86. The van der Waals surface area contributed by atoms with E-state index in [0.29, 0.717) is 6.04 Å². The van der Waals surface area contributed by atoms with Gasteiger partial charge in [-0.25, -0.2) is 4.98 Å². The molecule has 1 atom stereocenters. The Morgan fingerprint density at radius 3 is 2.79 bits per heavy atom. The van der Waals surface area contributed by atoms with Gasteiger partial charge in [-0.15, -0.1) is 11.3 Å². The zero-order valence-corrected chi connectivity index (χ0v) is 9.90. The van der Waals surface area contributed by atoms with Gasteiger partial charge in [-0.3, -0.25) is 0 Å². The lowest BCUT2D eigenvalue weighted by molar-refractivity contribution is 0.226. The molecule has 1 saturated carbocycles. The Labute approximate surface area is 89.8 Å². The third-order valence-corrected chi connectivity index (χ3v) is 3.96. The molecule has 0 saturated heterocycles. The molecule has 0 aromatic carbocycles. The number of nitrogens with one attached hydrogen (secondary N) is 1. The van der Waals surface area contributed by atoms with Gasteiger partial charge < -0.3 is 5.32 Å². The first-order valence-electron chi connectivity index (χ1n) is 5.33. The molecule has 0 bridgehead atoms. The van der Waals surface area contributed by atoms with Crippen LogP contribution < -0.4 is 5.32 Å². The molecule has 0 spiro atoms. The van der Waals surface area contributed by atoms with Crippen LogP contribution in [0.25, 0.3) is 0 Å². The fourth-order valence-electron chi connectivity index (χ4n) is 2.04. The average Bonchev–Trinajstić information content (AvgIpc) is 2.49. The Hall–Kier alpha value is -0.410. The van der Waals surface area contributed by atoms with E-state index in [9.17, 15) is 0 Å². The van der Waals surface area contributed by atoms with Crippen LogP contribution in [0.2, 0.25) is 0 Å². The van der Waals surface area contributed by atoms with Crippen molar-refractivity contribution in [2.75, 3.05) is 0 Å². The summed E-state index contributed by atoms with van der Waals surface area (Å²) in [7, 11) is 0. The van der Waals surface area contributed by atoms with Crippen LogP contribution in [0.3, 0.4) is 0 Å². The molecule has 1 aliphatic carbocycles. The number of thiazole rings is 1. The van der Waals surface area contributed by atoms with E-state index in [0.717, 1.165) is 12.0 Å². The van der Waals surface area contributed by atoms with Gasteiger partial charge in [0, 0.05) is 17.1 Å². The summed E-state index contributed by atoms with van der Waals surface area (Å²) >= 11 is 1.80. The van der Waals surface area contributed by atoms with E-state index in [1.165, 1.54) is 22.7 Å². The maximum Gasteiger partial charge on any atom is 0.109 e. The van der Waals surface area contributed by atoms with Gasteiger partial charge in [0.25, 0.3) is 0 Å². The van der Waals surface area contributed by atoms with Crippen LogP contribution in [0.1, 0.15) is 42.6 Å². The fourth-order valence-corrected chi connectivity index (χ4v) is 2.82. The van der Waals surface area contributed by atoms with Crippen molar-refractivity contribution in [1.82, 2.24) is 10.3 Å². The number of hydrogen-bond donors (Lipinski definition) is 1. The average molecular weight is 210 g/mol. The van der Waals surface area contributed by atoms with E-state index in [-0.39, 0.29) is 0 Å². The predicted molar refractivity (Wildman–Crippen MR) is 60.6 cm³/mol. The summed E-state index contributed by atoms with van der Waals surface area (Å²) in [6.07, 6.45) is 4.62. The van der Waals surface area contributed by atoms with Gasteiger partial charge in [0.1, 0.15) is 5.01 Å². The molecule has 1 fully saturated rings. The van der Waals surface area contributed by atoms with Gasteiger partial charge in [-0.2, -0.15) is 0 Å². The third kappa shape index (κ3) is 2.15. The second-order valence-corrected chi connectivity index (χ2v) is 5.74. The quantitative estimate of drug-likeness (QED) is 0.829. The normalized spacial score (nSPS) is 28.5. The van der Waals surface area contributed by atoms with Gasteiger partial charge in [-0.1, -0.05) is 6.92 Å². The number of nitrogens with zero attached hydrogens (tertiary/aromatic N) is 1. The van der Waals surface area contributed by atoms with Crippen LogP contribution in [0.5, 0.6) is 0 Å².